The van der Waals surface area contributed by atoms with E-state index in [-0.39, 0.29) is 12.2 Å². The molecular weight excluding hydrogens is 454 g/mol. The van der Waals surface area contributed by atoms with E-state index in [9.17, 15) is 14.4 Å². The van der Waals surface area contributed by atoms with E-state index in [1.165, 1.54) is 0 Å². The molecule has 4 amide bonds. The summed E-state index contributed by atoms with van der Waals surface area (Å²) in [6, 6.07) is 17.0. The summed E-state index contributed by atoms with van der Waals surface area (Å²) in [5.74, 6) is -0.959. The Hall–Kier alpha value is -4.33. The number of aromatic nitrogens is 1. The zero-order valence-electron chi connectivity index (χ0n) is 21.3. The quantitative estimate of drug-likeness (QED) is 0.387. The van der Waals surface area contributed by atoms with E-state index in [4.69, 9.17) is 0 Å². The highest BCUT2D eigenvalue weighted by molar-refractivity contribution is 6.16. The van der Waals surface area contributed by atoms with Gasteiger partial charge in [-0.05, 0) is 73.9 Å². The molecule has 2 heterocycles. The summed E-state index contributed by atoms with van der Waals surface area (Å²) in [6.45, 7) is 5.60. The highest BCUT2D eigenvalue weighted by Gasteiger charge is 2.35. The number of aryl methyl sites for hydroxylation is 2. The largest absolute Gasteiger partial charge is 0.378 e. The number of para-hydroxylation sites is 1. The van der Waals surface area contributed by atoms with Crippen LogP contribution in [0.3, 0.4) is 0 Å². The zero-order valence-corrected chi connectivity index (χ0v) is 21.3. The summed E-state index contributed by atoms with van der Waals surface area (Å²) in [4.78, 5) is 41.1. The Balaban J connectivity index is 1.52. The number of carbonyl (C=O) groups is 3. The Labute approximate surface area is 211 Å². The summed E-state index contributed by atoms with van der Waals surface area (Å²) in [5, 5.41) is 5.42. The van der Waals surface area contributed by atoms with Crippen LogP contribution in [0.15, 0.2) is 60.3 Å². The number of benzene rings is 2. The number of amides is 4. The number of hydrogen-bond donors (Lipinski definition) is 2. The van der Waals surface area contributed by atoms with E-state index >= 15 is 0 Å². The van der Waals surface area contributed by atoms with Crippen molar-refractivity contribution >= 4 is 35.3 Å². The molecule has 0 radical (unpaired) electrons. The zero-order chi connectivity index (χ0) is 26.0. The molecule has 1 saturated heterocycles. The molecule has 1 fully saturated rings. The minimum atomic E-state index is -0.613. The maximum Gasteiger partial charge on any atom is 0.329 e. The molecule has 1 aliphatic heterocycles. The molecule has 8 nitrogen and oxygen atoms in total. The smallest absolute Gasteiger partial charge is 0.329 e. The van der Waals surface area contributed by atoms with E-state index in [1.807, 2.05) is 76.2 Å². The normalized spacial score (nSPS) is 14.4. The predicted octanol–water partition coefficient (Wildman–Crippen LogP) is 4.25. The Morgan fingerprint density at radius 2 is 1.75 bits per heavy atom. The Kier molecular flexibility index (Phi) is 6.96. The molecule has 0 unspecified atom stereocenters. The molecule has 0 atom stereocenters. The van der Waals surface area contributed by atoms with E-state index < -0.39 is 17.8 Å². The number of rotatable bonds is 7. The Morgan fingerprint density at radius 1 is 1.06 bits per heavy atom. The Bertz CT molecular complexity index is 1350. The second-order valence-corrected chi connectivity index (χ2v) is 9.01. The van der Waals surface area contributed by atoms with Crippen molar-refractivity contribution in [3.8, 4) is 5.69 Å². The lowest BCUT2D eigenvalue weighted by atomic mass is 10.1. The summed E-state index contributed by atoms with van der Waals surface area (Å²) < 4.78 is 2.10. The molecule has 0 saturated carbocycles. The Morgan fingerprint density at radius 3 is 2.42 bits per heavy atom. The van der Waals surface area contributed by atoms with Crippen molar-refractivity contribution < 1.29 is 14.4 Å². The highest BCUT2D eigenvalue weighted by Crippen LogP contribution is 2.25. The highest BCUT2D eigenvalue weighted by atomic mass is 16.2. The first kappa shape index (κ1) is 24.8. The molecule has 2 aromatic carbocycles. The second kappa shape index (κ2) is 10.1. The van der Waals surface area contributed by atoms with Crippen molar-refractivity contribution in [2.24, 2.45) is 0 Å². The molecule has 36 heavy (non-hydrogen) atoms. The van der Waals surface area contributed by atoms with Gasteiger partial charge in [-0.15, -0.1) is 0 Å². The fourth-order valence-corrected chi connectivity index (χ4v) is 4.39. The summed E-state index contributed by atoms with van der Waals surface area (Å²) in [6.07, 6.45) is 2.42. The molecule has 1 aliphatic rings. The van der Waals surface area contributed by atoms with E-state index in [2.05, 4.69) is 27.3 Å². The summed E-state index contributed by atoms with van der Waals surface area (Å²) >= 11 is 0. The lowest BCUT2D eigenvalue weighted by molar-refractivity contribution is -0.127. The third-order valence-electron chi connectivity index (χ3n) is 6.33. The molecular formula is C28H31N5O3. The molecule has 1 aromatic heterocycles. The van der Waals surface area contributed by atoms with Crippen LogP contribution in [-0.2, 0) is 16.0 Å². The number of imide groups is 1. The third kappa shape index (κ3) is 4.88. The van der Waals surface area contributed by atoms with Crippen LogP contribution in [0.4, 0.5) is 16.2 Å². The van der Waals surface area contributed by atoms with Gasteiger partial charge >= 0.3 is 6.03 Å². The van der Waals surface area contributed by atoms with Crippen LogP contribution < -0.4 is 15.5 Å². The van der Waals surface area contributed by atoms with Crippen LogP contribution in [0.5, 0.6) is 0 Å². The summed E-state index contributed by atoms with van der Waals surface area (Å²) in [5.41, 5.74) is 6.67. The fraction of sp³-hybridized carbons (Fsp3) is 0.250. The molecule has 3 aromatic rings. The van der Waals surface area contributed by atoms with Gasteiger partial charge < -0.3 is 20.1 Å². The summed E-state index contributed by atoms with van der Waals surface area (Å²) in [7, 11) is 3.99. The third-order valence-corrected chi connectivity index (χ3v) is 6.33. The maximum absolute atomic E-state index is 13.0. The number of anilines is 2. The van der Waals surface area contributed by atoms with Crippen molar-refractivity contribution in [3.63, 3.8) is 0 Å². The van der Waals surface area contributed by atoms with Crippen LogP contribution in [-0.4, -0.2) is 48.0 Å². The van der Waals surface area contributed by atoms with Crippen LogP contribution >= 0.6 is 0 Å². The van der Waals surface area contributed by atoms with E-state index in [0.29, 0.717) is 5.69 Å². The van der Waals surface area contributed by atoms with Crippen molar-refractivity contribution in [1.82, 2.24) is 14.8 Å². The van der Waals surface area contributed by atoms with Crippen molar-refractivity contribution in [3.05, 3.63) is 82.8 Å². The van der Waals surface area contributed by atoms with Gasteiger partial charge in [-0.1, -0.05) is 25.1 Å². The lowest BCUT2D eigenvalue weighted by Gasteiger charge is -2.15. The fourth-order valence-electron chi connectivity index (χ4n) is 4.39. The maximum atomic E-state index is 13.0. The van der Waals surface area contributed by atoms with Crippen molar-refractivity contribution in [1.29, 1.82) is 0 Å². The molecule has 8 heteroatoms. The molecule has 186 valence electrons. The van der Waals surface area contributed by atoms with E-state index in [0.717, 1.165) is 45.2 Å². The minimum absolute atomic E-state index is 0.143. The molecule has 0 spiro atoms. The van der Waals surface area contributed by atoms with Gasteiger partial charge in [-0.2, -0.15) is 0 Å². The van der Waals surface area contributed by atoms with Gasteiger partial charge in [-0.3, -0.25) is 9.59 Å². The van der Waals surface area contributed by atoms with Crippen LogP contribution in [0.25, 0.3) is 11.8 Å². The average Bonchev–Trinajstić information content (AvgIpc) is 3.28. The first-order chi connectivity index (χ1) is 17.2. The lowest BCUT2D eigenvalue weighted by Crippen LogP contribution is -2.38. The number of nitrogens with one attached hydrogen (secondary N) is 2. The molecule has 0 bridgehead atoms. The average molecular weight is 486 g/mol. The SMILES string of the molecule is CCc1ccccc1NC(=O)CN1C(=O)N/C(=C/c2cc(C)n(-c3ccc(N(C)C)cc3)c2C)C1=O. The molecule has 2 N–H and O–H groups in total. The standard InChI is InChI=1S/C28H31N5O3/c1-6-20-9-7-8-10-24(20)29-26(34)17-32-27(35)25(30-28(32)36)16-21-15-18(2)33(19(21)3)23-13-11-22(12-14-23)31(4)5/h7-16H,6,17H2,1-5H3,(H,29,34)(H,30,36)/b25-16+. The van der Waals surface area contributed by atoms with Gasteiger partial charge in [0.2, 0.25) is 5.91 Å². The predicted molar refractivity (Wildman–Crippen MR) is 142 cm³/mol. The van der Waals surface area contributed by atoms with Gasteiger partial charge in [-0.25, -0.2) is 9.69 Å². The first-order valence-corrected chi connectivity index (χ1v) is 11.9. The number of carbonyl (C=O) groups excluding carboxylic acids is 3. The van der Waals surface area contributed by atoms with Gasteiger partial charge in [0.1, 0.15) is 12.2 Å². The number of hydrogen-bond acceptors (Lipinski definition) is 4. The molecule has 0 aliphatic carbocycles. The van der Waals surface area contributed by atoms with Gasteiger partial charge in [0.15, 0.2) is 0 Å². The number of nitrogens with zero attached hydrogens (tertiary/aromatic N) is 3. The number of urea groups is 1. The van der Waals surface area contributed by atoms with Gasteiger partial charge in [0.25, 0.3) is 5.91 Å². The second-order valence-electron chi connectivity index (χ2n) is 9.01. The van der Waals surface area contributed by atoms with Crippen LogP contribution in [0.1, 0.15) is 29.4 Å². The van der Waals surface area contributed by atoms with Crippen LogP contribution in [0.2, 0.25) is 0 Å². The van der Waals surface area contributed by atoms with Gasteiger partial charge in [0, 0.05) is 42.5 Å². The molecule has 4 rings (SSSR count). The van der Waals surface area contributed by atoms with Crippen molar-refractivity contribution in [2.75, 3.05) is 30.9 Å². The van der Waals surface area contributed by atoms with E-state index in [1.54, 1.807) is 12.1 Å². The van der Waals surface area contributed by atoms with Crippen molar-refractivity contribution in [2.45, 2.75) is 27.2 Å². The first-order valence-electron chi connectivity index (χ1n) is 11.9. The topological polar surface area (TPSA) is 86.7 Å². The van der Waals surface area contributed by atoms with Crippen LogP contribution in [0, 0.1) is 13.8 Å². The van der Waals surface area contributed by atoms with Gasteiger partial charge in [0.05, 0.1) is 0 Å². The minimum Gasteiger partial charge on any atom is -0.378 e. The monoisotopic (exact) mass is 485 g/mol.